The number of fused-ring (bicyclic) bond motifs is 3. The molecule has 1 heterocycles. The first-order valence-corrected chi connectivity index (χ1v) is 7.25. The minimum atomic E-state index is -1.81. The van der Waals surface area contributed by atoms with Gasteiger partial charge in [-0.25, -0.2) is 0 Å². The van der Waals surface area contributed by atoms with E-state index in [2.05, 4.69) is 6.07 Å². The van der Waals surface area contributed by atoms with Crippen LogP contribution in [0.2, 0.25) is 0 Å². The minimum Gasteiger partial charge on any atom is -0.512 e. The summed E-state index contributed by atoms with van der Waals surface area (Å²) in [5.74, 6) is 0.401. The maximum Gasteiger partial charge on any atom is 0.707 e. The number of hydrogen-bond donors (Lipinski definition) is 2. The molecule has 4 nitrogen and oxygen atoms in total. The highest BCUT2D eigenvalue weighted by Gasteiger charge is 2.11. The molecular formula is C18H13BO4. The van der Waals surface area contributed by atoms with E-state index in [1.54, 1.807) is 12.1 Å². The molecule has 0 atom stereocenters. The number of benzene rings is 3. The Balaban J connectivity index is 1.77. The molecule has 0 amide bonds. The van der Waals surface area contributed by atoms with Crippen LogP contribution in [0.25, 0.3) is 33.1 Å². The molecule has 0 aliphatic rings. The van der Waals surface area contributed by atoms with Crippen LogP contribution in [0, 0.1) is 0 Å². The lowest BCUT2D eigenvalue weighted by Crippen LogP contribution is -2.20. The lowest BCUT2D eigenvalue weighted by Gasteiger charge is -2.06. The van der Waals surface area contributed by atoms with Crippen molar-refractivity contribution in [2.75, 3.05) is 0 Å². The number of para-hydroxylation sites is 1. The Morgan fingerprint density at radius 2 is 1.43 bits per heavy atom. The average Bonchev–Trinajstić information content (AvgIpc) is 2.93. The molecule has 0 aliphatic carbocycles. The standard InChI is InChI=1S/C18H13BO4/c20-19(21)23-14-8-5-12(6-9-14)13-7-10-18-16(11-13)15-3-1-2-4-17(15)22-18/h1-11,20-21H. The molecule has 0 saturated carbocycles. The van der Waals surface area contributed by atoms with Crippen molar-refractivity contribution in [2.45, 2.75) is 0 Å². The second kappa shape index (κ2) is 5.46. The summed E-state index contributed by atoms with van der Waals surface area (Å²) in [5.41, 5.74) is 3.80. The highest BCUT2D eigenvalue weighted by Crippen LogP contribution is 2.32. The van der Waals surface area contributed by atoms with Gasteiger partial charge in [0.25, 0.3) is 0 Å². The van der Waals surface area contributed by atoms with E-state index >= 15 is 0 Å². The Morgan fingerprint density at radius 3 is 2.22 bits per heavy atom. The van der Waals surface area contributed by atoms with E-state index in [0.29, 0.717) is 5.75 Å². The molecule has 23 heavy (non-hydrogen) atoms. The number of hydrogen-bond acceptors (Lipinski definition) is 4. The molecule has 0 spiro atoms. The molecule has 112 valence electrons. The Bertz CT molecular complexity index is 973. The average molecular weight is 304 g/mol. The van der Waals surface area contributed by atoms with Crippen molar-refractivity contribution in [3.63, 3.8) is 0 Å². The molecule has 3 aromatic carbocycles. The zero-order chi connectivity index (χ0) is 15.8. The van der Waals surface area contributed by atoms with E-state index < -0.39 is 7.32 Å². The molecule has 4 rings (SSSR count). The topological polar surface area (TPSA) is 62.8 Å². The lowest BCUT2D eigenvalue weighted by atomic mass is 10.0. The number of rotatable bonds is 3. The fourth-order valence-electron chi connectivity index (χ4n) is 2.75. The number of furan rings is 1. The maximum absolute atomic E-state index is 8.81. The van der Waals surface area contributed by atoms with E-state index in [4.69, 9.17) is 19.1 Å². The molecule has 0 saturated heterocycles. The van der Waals surface area contributed by atoms with E-state index in [1.165, 1.54) is 0 Å². The Labute approximate surface area is 132 Å². The quantitative estimate of drug-likeness (QED) is 0.568. The van der Waals surface area contributed by atoms with Crippen molar-refractivity contribution in [1.82, 2.24) is 0 Å². The van der Waals surface area contributed by atoms with Gasteiger partial charge in [-0.1, -0.05) is 36.4 Å². The van der Waals surface area contributed by atoms with Crippen LogP contribution in [-0.4, -0.2) is 17.4 Å². The van der Waals surface area contributed by atoms with Crippen LogP contribution in [0.15, 0.2) is 71.1 Å². The van der Waals surface area contributed by atoms with E-state index in [-0.39, 0.29) is 0 Å². The third-order valence-electron chi connectivity index (χ3n) is 3.81. The second-order valence-electron chi connectivity index (χ2n) is 5.28. The van der Waals surface area contributed by atoms with Gasteiger partial charge in [0.2, 0.25) is 0 Å². The fourth-order valence-corrected chi connectivity index (χ4v) is 2.75. The van der Waals surface area contributed by atoms with Crippen molar-refractivity contribution in [3.8, 4) is 16.9 Å². The van der Waals surface area contributed by atoms with Crippen LogP contribution in [0.3, 0.4) is 0 Å². The Kier molecular flexibility index (Phi) is 3.30. The summed E-state index contributed by atoms with van der Waals surface area (Å²) in [5, 5.41) is 19.8. The van der Waals surface area contributed by atoms with Crippen LogP contribution in [0.1, 0.15) is 0 Å². The highest BCUT2D eigenvalue weighted by molar-refractivity contribution is 6.33. The summed E-state index contributed by atoms with van der Waals surface area (Å²) < 4.78 is 10.6. The molecule has 0 bridgehead atoms. The first-order valence-electron chi connectivity index (χ1n) is 7.25. The third kappa shape index (κ3) is 2.56. The van der Waals surface area contributed by atoms with Gasteiger partial charge in [-0.3, -0.25) is 0 Å². The molecule has 0 unspecified atom stereocenters. The molecule has 4 aromatic rings. The van der Waals surface area contributed by atoms with Crippen molar-refractivity contribution in [3.05, 3.63) is 66.7 Å². The van der Waals surface area contributed by atoms with Crippen LogP contribution in [0.5, 0.6) is 5.75 Å². The van der Waals surface area contributed by atoms with Crippen molar-refractivity contribution >= 4 is 29.3 Å². The monoisotopic (exact) mass is 304 g/mol. The fraction of sp³-hybridized carbons (Fsp3) is 0. The second-order valence-corrected chi connectivity index (χ2v) is 5.28. The zero-order valence-electron chi connectivity index (χ0n) is 12.1. The van der Waals surface area contributed by atoms with Crippen molar-refractivity contribution in [2.24, 2.45) is 0 Å². The molecule has 0 radical (unpaired) electrons. The maximum atomic E-state index is 8.81. The van der Waals surface area contributed by atoms with Crippen LogP contribution < -0.4 is 4.65 Å². The van der Waals surface area contributed by atoms with Crippen LogP contribution in [0.4, 0.5) is 0 Å². The molecule has 5 heteroatoms. The summed E-state index contributed by atoms with van der Waals surface area (Å²) in [6, 6.07) is 21.2. The van der Waals surface area contributed by atoms with Gasteiger partial charge in [0, 0.05) is 10.8 Å². The van der Waals surface area contributed by atoms with Gasteiger partial charge in [-0.2, -0.15) is 0 Å². The smallest absolute Gasteiger partial charge is 0.512 e. The summed E-state index contributed by atoms with van der Waals surface area (Å²) in [7, 11) is -1.81. The predicted octanol–water partition coefficient (Wildman–Crippen LogP) is 3.60. The van der Waals surface area contributed by atoms with Crippen LogP contribution >= 0.6 is 0 Å². The molecule has 0 aliphatic heterocycles. The highest BCUT2D eigenvalue weighted by atomic mass is 16.6. The lowest BCUT2D eigenvalue weighted by molar-refractivity contribution is 0.288. The van der Waals surface area contributed by atoms with Gasteiger partial charge in [-0.15, -0.1) is 0 Å². The van der Waals surface area contributed by atoms with Gasteiger partial charge < -0.3 is 19.1 Å². The first kappa shape index (κ1) is 13.9. The normalized spacial score (nSPS) is 11.0. The predicted molar refractivity (Wildman–Crippen MR) is 90.0 cm³/mol. The molecular weight excluding hydrogens is 291 g/mol. The first-order chi connectivity index (χ1) is 11.2. The summed E-state index contributed by atoms with van der Waals surface area (Å²) >= 11 is 0. The summed E-state index contributed by atoms with van der Waals surface area (Å²) in [4.78, 5) is 0. The van der Waals surface area contributed by atoms with Crippen molar-refractivity contribution in [1.29, 1.82) is 0 Å². The Morgan fingerprint density at radius 1 is 0.739 bits per heavy atom. The van der Waals surface area contributed by atoms with E-state index in [1.807, 2.05) is 48.5 Å². The van der Waals surface area contributed by atoms with Gasteiger partial charge in [0.05, 0.1) is 0 Å². The van der Waals surface area contributed by atoms with Gasteiger partial charge in [0.15, 0.2) is 0 Å². The SMILES string of the molecule is OB(O)Oc1ccc(-c2ccc3oc4ccccc4c3c2)cc1. The van der Waals surface area contributed by atoms with E-state index in [0.717, 1.165) is 33.1 Å². The molecule has 1 aromatic heterocycles. The minimum absolute atomic E-state index is 0.401. The molecule has 0 fully saturated rings. The summed E-state index contributed by atoms with van der Waals surface area (Å²) in [6.45, 7) is 0. The third-order valence-corrected chi connectivity index (χ3v) is 3.81. The largest absolute Gasteiger partial charge is 0.707 e. The summed E-state index contributed by atoms with van der Waals surface area (Å²) in [6.07, 6.45) is 0. The van der Waals surface area contributed by atoms with Gasteiger partial charge >= 0.3 is 7.32 Å². The Hall–Kier alpha value is -2.76. The van der Waals surface area contributed by atoms with Gasteiger partial charge in [0.1, 0.15) is 16.9 Å². The van der Waals surface area contributed by atoms with E-state index in [9.17, 15) is 0 Å². The van der Waals surface area contributed by atoms with Crippen LogP contribution in [-0.2, 0) is 0 Å². The van der Waals surface area contributed by atoms with Crippen molar-refractivity contribution < 1.29 is 19.1 Å². The van der Waals surface area contributed by atoms with Gasteiger partial charge in [-0.05, 0) is 41.5 Å². The molecule has 2 N–H and O–H groups in total. The zero-order valence-corrected chi connectivity index (χ0v) is 12.1.